The molecular formula is C30H27N5O4. The zero-order chi connectivity index (χ0) is 27.7. The highest BCUT2D eigenvalue weighted by atomic mass is 16.5. The molecule has 196 valence electrons. The van der Waals surface area contributed by atoms with Gasteiger partial charge in [0.15, 0.2) is 11.5 Å². The number of hydrogen-bond donors (Lipinski definition) is 2. The predicted molar refractivity (Wildman–Crippen MR) is 149 cm³/mol. The van der Waals surface area contributed by atoms with Crippen LogP contribution in [0, 0.1) is 6.92 Å². The van der Waals surface area contributed by atoms with Crippen molar-refractivity contribution in [1.82, 2.24) is 14.8 Å². The van der Waals surface area contributed by atoms with E-state index in [0.29, 0.717) is 28.4 Å². The number of para-hydroxylation sites is 1. The molecule has 3 heterocycles. The van der Waals surface area contributed by atoms with Crippen molar-refractivity contribution in [3.63, 3.8) is 0 Å². The summed E-state index contributed by atoms with van der Waals surface area (Å²) in [6.07, 6.45) is 8.19. The maximum atomic E-state index is 13.0. The number of hydrogen-bond acceptors (Lipinski definition) is 6. The minimum atomic E-state index is -1.02. The van der Waals surface area contributed by atoms with Gasteiger partial charge < -0.3 is 15.2 Å². The number of carbonyl (C=O) groups excluding carboxylic acids is 1. The summed E-state index contributed by atoms with van der Waals surface area (Å²) in [4.78, 5) is 30.8. The van der Waals surface area contributed by atoms with Gasteiger partial charge in [-0.1, -0.05) is 24.8 Å². The number of nitrogens with zero attached hydrogens (tertiary/aromatic N) is 4. The fourth-order valence-electron chi connectivity index (χ4n) is 4.50. The Hall–Kier alpha value is -5.18. The Bertz CT molecular complexity index is 1620. The van der Waals surface area contributed by atoms with Gasteiger partial charge in [-0.15, -0.1) is 0 Å². The molecule has 0 saturated carbocycles. The van der Waals surface area contributed by atoms with Crippen LogP contribution in [0.25, 0.3) is 17.0 Å². The van der Waals surface area contributed by atoms with Crippen LogP contribution < -0.4 is 15.0 Å². The molecule has 2 aromatic heterocycles. The molecule has 1 unspecified atom stereocenters. The van der Waals surface area contributed by atoms with E-state index in [-0.39, 0.29) is 17.5 Å². The smallest absolute Gasteiger partial charge is 0.337 e. The molecule has 0 aliphatic carbocycles. The third-order valence-corrected chi connectivity index (χ3v) is 6.42. The second-order valence-corrected chi connectivity index (χ2v) is 9.26. The van der Waals surface area contributed by atoms with Crippen LogP contribution in [0.5, 0.6) is 5.75 Å². The van der Waals surface area contributed by atoms with Gasteiger partial charge in [0.2, 0.25) is 0 Å². The molecule has 1 aliphatic heterocycles. The van der Waals surface area contributed by atoms with Gasteiger partial charge in [0.05, 0.1) is 35.4 Å². The van der Waals surface area contributed by atoms with Crippen LogP contribution in [-0.4, -0.2) is 31.7 Å². The molecule has 5 rings (SSSR count). The summed E-state index contributed by atoms with van der Waals surface area (Å²) in [5, 5.41) is 17.1. The molecule has 1 aliphatic rings. The summed E-state index contributed by atoms with van der Waals surface area (Å²) in [5.41, 5.74) is 5.21. The van der Waals surface area contributed by atoms with Crippen LogP contribution >= 0.6 is 0 Å². The monoisotopic (exact) mass is 521 g/mol. The summed E-state index contributed by atoms with van der Waals surface area (Å²) < 4.78 is 8.14. The number of aryl methyl sites for hydroxylation is 2. The van der Waals surface area contributed by atoms with Gasteiger partial charge in [0, 0.05) is 41.8 Å². The standard InChI is InChI=1S/C30H27N5O4/c1-5-28(36)35-17-27(20-10-11-24(31-14-20)21-15-32-34(4)16-21)39-29-23(12-18(2)13-26(29)35)19(3)33-25-9-7-6-8-22(25)30(37)38/h5-17,19,33H,1H2,2-4H3,(H,37,38). The molecular weight excluding hydrogens is 494 g/mol. The summed E-state index contributed by atoms with van der Waals surface area (Å²) in [7, 11) is 1.84. The summed E-state index contributed by atoms with van der Waals surface area (Å²) in [5.74, 6) is -0.419. The minimum absolute atomic E-state index is 0.163. The van der Waals surface area contributed by atoms with E-state index in [0.717, 1.165) is 22.4 Å². The lowest BCUT2D eigenvalue weighted by Crippen LogP contribution is -2.28. The number of benzene rings is 2. The molecule has 2 aromatic carbocycles. The Labute approximate surface area is 225 Å². The van der Waals surface area contributed by atoms with Crippen molar-refractivity contribution in [2.75, 3.05) is 10.2 Å². The van der Waals surface area contributed by atoms with Crippen LogP contribution in [0.3, 0.4) is 0 Å². The van der Waals surface area contributed by atoms with Gasteiger partial charge in [0.1, 0.15) is 0 Å². The molecule has 9 nitrogen and oxygen atoms in total. The van der Waals surface area contributed by atoms with Crippen LogP contribution in [0.1, 0.15) is 40.0 Å². The first-order valence-corrected chi connectivity index (χ1v) is 12.3. The Morgan fingerprint density at radius 2 is 1.92 bits per heavy atom. The highest BCUT2D eigenvalue weighted by Crippen LogP contribution is 2.44. The number of carboxylic acids is 1. The van der Waals surface area contributed by atoms with E-state index in [1.54, 1.807) is 47.5 Å². The van der Waals surface area contributed by atoms with Crippen LogP contribution in [0.15, 0.2) is 86.0 Å². The third kappa shape index (κ3) is 5.02. The molecule has 4 aromatic rings. The summed E-state index contributed by atoms with van der Waals surface area (Å²) in [6.45, 7) is 7.51. The number of anilines is 2. The molecule has 1 amide bonds. The average Bonchev–Trinajstić information content (AvgIpc) is 3.38. The van der Waals surface area contributed by atoms with Crippen molar-refractivity contribution in [2.24, 2.45) is 7.05 Å². The van der Waals surface area contributed by atoms with Gasteiger partial charge in [-0.3, -0.25) is 19.4 Å². The fourth-order valence-corrected chi connectivity index (χ4v) is 4.50. The Morgan fingerprint density at radius 3 is 2.59 bits per heavy atom. The summed E-state index contributed by atoms with van der Waals surface area (Å²) in [6, 6.07) is 13.9. The van der Waals surface area contributed by atoms with Crippen molar-refractivity contribution in [3.8, 4) is 17.0 Å². The molecule has 0 radical (unpaired) electrons. The van der Waals surface area contributed by atoms with Crippen LogP contribution in [-0.2, 0) is 11.8 Å². The second-order valence-electron chi connectivity index (χ2n) is 9.26. The SMILES string of the molecule is C=CC(=O)N1C=C(c2ccc(-c3cnn(C)c3)nc2)Oc2c(C(C)Nc3ccccc3C(=O)O)cc(C)cc21. The third-order valence-electron chi connectivity index (χ3n) is 6.42. The Kier molecular flexibility index (Phi) is 6.72. The highest BCUT2D eigenvalue weighted by Gasteiger charge is 2.29. The van der Waals surface area contributed by atoms with Crippen molar-refractivity contribution in [3.05, 3.63) is 108 Å². The number of aromatic nitrogens is 3. The summed E-state index contributed by atoms with van der Waals surface area (Å²) >= 11 is 0. The number of rotatable bonds is 7. The lowest BCUT2D eigenvalue weighted by atomic mass is 10.00. The maximum absolute atomic E-state index is 13.0. The number of fused-ring (bicyclic) bond motifs is 1. The number of ether oxygens (including phenoxy) is 1. The quantitative estimate of drug-likeness (QED) is 0.306. The number of pyridine rings is 1. The highest BCUT2D eigenvalue weighted by molar-refractivity contribution is 6.06. The van der Waals surface area contributed by atoms with Crippen molar-refractivity contribution >= 4 is 29.0 Å². The van der Waals surface area contributed by atoms with Crippen molar-refractivity contribution in [2.45, 2.75) is 19.9 Å². The van der Waals surface area contributed by atoms with E-state index in [1.165, 1.54) is 11.0 Å². The molecule has 0 spiro atoms. The Balaban J connectivity index is 1.54. The van der Waals surface area contributed by atoms with E-state index >= 15 is 0 Å². The normalized spacial score (nSPS) is 13.1. The molecule has 1 atom stereocenters. The van der Waals surface area contributed by atoms with Crippen LogP contribution in [0.4, 0.5) is 11.4 Å². The van der Waals surface area contributed by atoms with Gasteiger partial charge in [-0.25, -0.2) is 4.79 Å². The van der Waals surface area contributed by atoms with E-state index in [2.05, 4.69) is 22.0 Å². The fraction of sp³-hybridized carbons (Fsp3) is 0.133. The molecule has 0 bridgehead atoms. The lowest BCUT2D eigenvalue weighted by molar-refractivity contribution is -0.113. The zero-order valence-electron chi connectivity index (χ0n) is 21.8. The van der Waals surface area contributed by atoms with Crippen LogP contribution in [0.2, 0.25) is 0 Å². The molecule has 9 heteroatoms. The minimum Gasteiger partial charge on any atom is -0.478 e. The van der Waals surface area contributed by atoms with E-state index in [4.69, 9.17) is 4.74 Å². The average molecular weight is 522 g/mol. The number of amides is 1. The van der Waals surface area contributed by atoms with Gasteiger partial charge in [-0.2, -0.15) is 5.10 Å². The predicted octanol–water partition coefficient (Wildman–Crippen LogP) is 5.57. The van der Waals surface area contributed by atoms with Crippen molar-refractivity contribution < 1.29 is 19.4 Å². The first-order chi connectivity index (χ1) is 18.7. The van der Waals surface area contributed by atoms with E-state index in [9.17, 15) is 14.7 Å². The van der Waals surface area contributed by atoms with E-state index in [1.807, 2.05) is 51.4 Å². The zero-order valence-corrected chi connectivity index (χ0v) is 21.8. The first kappa shape index (κ1) is 25.5. The van der Waals surface area contributed by atoms with Crippen molar-refractivity contribution in [1.29, 1.82) is 0 Å². The molecule has 0 saturated heterocycles. The molecule has 2 N–H and O–H groups in total. The maximum Gasteiger partial charge on any atom is 0.337 e. The first-order valence-electron chi connectivity index (χ1n) is 12.3. The molecule has 0 fully saturated rings. The Morgan fingerprint density at radius 1 is 1.13 bits per heavy atom. The topological polar surface area (TPSA) is 110 Å². The lowest BCUT2D eigenvalue weighted by Gasteiger charge is -2.31. The van der Waals surface area contributed by atoms with E-state index < -0.39 is 5.97 Å². The molecule has 39 heavy (non-hydrogen) atoms. The largest absolute Gasteiger partial charge is 0.478 e. The van der Waals surface area contributed by atoms with Gasteiger partial charge in [0.25, 0.3) is 5.91 Å². The number of carbonyl (C=O) groups is 2. The second kappa shape index (κ2) is 10.3. The number of carboxylic acid groups (broad SMARTS) is 1. The number of nitrogens with one attached hydrogen (secondary N) is 1. The van der Waals surface area contributed by atoms with Gasteiger partial charge in [-0.05, 0) is 55.8 Å². The van der Waals surface area contributed by atoms with Gasteiger partial charge >= 0.3 is 5.97 Å². The number of aromatic carboxylic acids is 1.